The second-order valence-corrected chi connectivity index (χ2v) is 7.46. The minimum atomic E-state index is -3.45. The van der Waals surface area contributed by atoms with Crippen LogP contribution in [-0.4, -0.2) is 39.5 Å². The van der Waals surface area contributed by atoms with Crippen molar-refractivity contribution in [1.82, 2.24) is 9.62 Å². The summed E-state index contributed by atoms with van der Waals surface area (Å²) in [5, 5.41) is 0. The summed E-state index contributed by atoms with van der Waals surface area (Å²) in [6.45, 7) is 7.98. The van der Waals surface area contributed by atoms with Gasteiger partial charge in [0.1, 0.15) is 0 Å². The van der Waals surface area contributed by atoms with Gasteiger partial charge >= 0.3 is 0 Å². The Balaban J connectivity index is 2.02. The molecule has 0 bridgehead atoms. The lowest BCUT2D eigenvalue weighted by Crippen LogP contribution is -2.31. The standard InChI is InChI=1S/C15H25N3O2S/c1-3-18-7-6-13(11-18)10-17-21(19,20)15-5-4-12(2)14(8-15)9-16/h4-5,8,13,17H,3,6-7,9-11,16H2,1-2H3. The quantitative estimate of drug-likeness (QED) is 0.824. The number of likely N-dealkylation sites (tertiary alicyclic amines) is 1. The van der Waals surface area contributed by atoms with E-state index in [4.69, 9.17) is 5.73 Å². The van der Waals surface area contributed by atoms with Crippen LogP contribution in [0.1, 0.15) is 24.5 Å². The molecule has 1 saturated heterocycles. The van der Waals surface area contributed by atoms with Crippen LogP contribution in [-0.2, 0) is 16.6 Å². The lowest BCUT2D eigenvalue weighted by atomic mass is 10.1. The minimum absolute atomic E-state index is 0.305. The zero-order valence-electron chi connectivity index (χ0n) is 12.8. The summed E-state index contributed by atoms with van der Waals surface area (Å²) >= 11 is 0. The number of hydrogen-bond acceptors (Lipinski definition) is 4. The summed E-state index contributed by atoms with van der Waals surface area (Å²) < 4.78 is 27.4. The predicted octanol–water partition coefficient (Wildman–Crippen LogP) is 1.07. The molecular weight excluding hydrogens is 286 g/mol. The molecule has 3 N–H and O–H groups in total. The predicted molar refractivity (Wildman–Crippen MR) is 84.5 cm³/mol. The molecule has 1 atom stereocenters. The van der Waals surface area contributed by atoms with Crippen molar-refractivity contribution in [3.8, 4) is 0 Å². The van der Waals surface area contributed by atoms with E-state index < -0.39 is 10.0 Å². The summed E-state index contributed by atoms with van der Waals surface area (Å²) in [6, 6.07) is 5.12. The molecule has 5 nitrogen and oxygen atoms in total. The van der Waals surface area contributed by atoms with Crippen molar-refractivity contribution in [1.29, 1.82) is 0 Å². The molecule has 0 amide bonds. The molecule has 0 spiro atoms. The Morgan fingerprint density at radius 3 is 2.81 bits per heavy atom. The van der Waals surface area contributed by atoms with Crippen molar-refractivity contribution in [2.45, 2.75) is 31.7 Å². The van der Waals surface area contributed by atoms with E-state index in [9.17, 15) is 8.42 Å². The minimum Gasteiger partial charge on any atom is -0.326 e. The zero-order valence-corrected chi connectivity index (χ0v) is 13.6. The van der Waals surface area contributed by atoms with E-state index in [1.54, 1.807) is 12.1 Å². The monoisotopic (exact) mass is 311 g/mol. The van der Waals surface area contributed by atoms with Gasteiger partial charge in [-0.05, 0) is 55.6 Å². The molecule has 0 aromatic heterocycles. The first-order chi connectivity index (χ1) is 9.96. The highest BCUT2D eigenvalue weighted by atomic mass is 32.2. The Hall–Kier alpha value is -0.950. The van der Waals surface area contributed by atoms with E-state index >= 15 is 0 Å². The van der Waals surface area contributed by atoms with Crippen LogP contribution in [0, 0.1) is 12.8 Å². The van der Waals surface area contributed by atoms with Crippen LogP contribution in [0.25, 0.3) is 0 Å². The van der Waals surface area contributed by atoms with Gasteiger partial charge in [0.15, 0.2) is 0 Å². The van der Waals surface area contributed by atoms with Crippen molar-refractivity contribution in [3.05, 3.63) is 29.3 Å². The Kier molecular flexibility index (Phi) is 5.37. The number of nitrogens with zero attached hydrogens (tertiary/aromatic N) is 1. The number of benzene rings is 1. The van der Waals surface area contributed by atoms with E-state index in [1.807, 2.05) is 13.0 Å². The summed E-state index contributed by atoms with van der Waals surface area (Å²) in [6.07, 6.45) is 1.05. The fourth-order valence-electron chi connectivity index (χ4n) is 2.71. The van der Waals surface area contributed by atoms with E-state index in [1.165, 1.54) is 0 Å². The molecule has 1 aromatic carbocycles. The number of sulfonamides is 1. The van der Waals surface area contributed by atoms with Gasteiger partial charge in [0.05, 0.1) is 4.90 Å². The van der Waals surface area contributed by atoms with E-state index in [0.29, 0.717) is 23.9 Å². The van der Waals surface area contributed by atoms with Crippen molar-refractivity contribution < 1.29 is 8.42 Å². The highest BCUT2D eigenvalue weighted by molar-refractivity contribution is 7.89. The van der Waals surface area contributed by atoms with Crippen LogP contribution >= 0.6 is 0 Å². The van der Waals surface area contributed by atoms with Crippen LogP contribution < -0.4 is 10.5 Å². The largest absolute Gasteiger partial charge is 0.326 e. The molecule has 118 valence electrons. The number of nitrogens with one attached hydrogen (secondary N) is 1. The molecule has 1 aromatic rings. The summed E-state index contributed by atoms with van der Waals surface area (Å²) in [4.78, 5) is 2.65. The SMILES string of the molecule is CCN1CCC(CNS(=O)(=O)c2ccc(C)c(CN)c2)C1. The molecule has 1 aliphatic rings. The van der Waals surface area contributed by atoms with Crippen molar-refractivity contribution >= 4 is 10.0 Å². The van der Waals surface area contributed by atoms with E-state index in [0.717, 1.165) is 37.2 Å². The maximum absolute atomic E-state index is 12.4. The van der Waals surface area contributed by atoms with Gasteiger partial charge < -0.3 is 10.6 Å². The lowest BCUT2D eigenvalue weighted by molar-refractivity contribution is 0.342. The lowest BCUT2D eigenvalue weighted by Gasteiger charge is -2.14. The first kappa shape index (κ1) is 16.4. The molecule has 6 heteroatoms. The molecule has 21 heavy (non-hydrogen) atoms. The van der Waals surface area contributed by atoms with Gasteiger partial charge in [-0.25, -0.2) is 13.1 Å². The normalized spacial score (nSPS) is 20.0. The topological polar surface area (TPSA) is 75.4 Å². The van der Waals surface area contributed by atoms with Gasteiger partial charge in [0.25, 0.3) is 0 Å². The third-order valence-corrected chi connectivity index (χ3v) is 5.65. The fourth-order valence-corrected chi connectivity index (χ4v) is 3.88. The average Bonchev–Trinajstić information content (AvgIpc) is 2.93. The molecule has 2 rings (SSSR count). The Labute approximate surface area is 127 Å². The van der Waals surface area contributed by atoms with Gasteiger partial charge in [0, 0.05) is 19.6 Å². The van der Waals surface area contributed by atoms with Crippen LogP contribution in [0.3, 0.4) is 0 Å². The molecule has 1 unspecified atom stereocenters. The molecule has 1 aliphatic heterocycles. The van der Waals surface area contributed by atoms with E-state index in [-0.39, 0.29) is 0 Å². The Bertz CT molecular complexity index is 587. The number of rotatable bonds is 6. The van der Waals surface area contributed by atoms with Gasteiger partial charge in [0.2, 0.25) is 10.0 Å². The molecule has 1 heterocycles. The molecular formula is C15H25N3O2S. The average molecular weight is 311 g/mol. The second kappa shape index (κ2) is 6.87. The molecule has 0 saturated carbocycles. The maximum atomic E-state index is 12.4. The highest BCUT2D eigenvalue weighted by Gasteiger charge is 2.23. The highest BCUT2D eigenvalue weighted by Crippen LogP contribution is 2.18. The van der Waals surface area contributed by atoms with Crippen LogP contribution in [0.2, 0.25) is 0 Å². The maximum Gasteiger partial charge on any atom is 0.240 e. The van der Waals surface area contributed by atoms with Crippen molar-refractivity contribution in [3.63, 3.8) is 0 Å². The second-order valence-electron chi connectivity index (χ2n) is 5.69. The van der Waals surface area contributed by atoms with Gasteiger partial charge in [-0.1, -0.05) is 13.0 Å². The van der Waals surface area contributed by atoms with Crippen LogP contribution in [0.15, 0.2) is 23.1 Å². The first-order valence-electron chi connectivity index (χ1n) is 7.48. The number of aryl methyl sites for hydroxylation is 1. The van der Waals surface area contributed by atoms with Crippen molar-refractivity contribution in [2.24, 2.45) is 11.7 Å². The Morgan fingerprint density at radius 1 is 1.43 bits per heavy atom. The Morgan fingerprint density at radius 2 is 2.19 bits per heavy atom. The number of nitrogens with two attached hydrogens (primary N) is 1. The smallest absolute Gasteiger partial charge is 0.240 e. The number of hydrogen-bond donors (Lipinski definition) is 2. The summed E-state index contributed by atoms with van der Waals surface area (Å²) in [5.41, 5.74) is 7.54. The summed E-state index contributed by atoms with van der Waals surface area (Å²) in [5.74, 6) is 0.402. The first-order valence-corrected chi connectivity index (χ1v) is 8.96. The van der Waals surface area contributed by atoms with Crippen molar-refractivity contribution in [2.75, 3.05) is 26.2 Å². The third kappa shape index (κ3) is 4.03. The van der Waals surface area contributed by atoms with Gasteiger partial charge in [-0.2, -0.15) is 0 Å². The molecule has 0 radical (unpaired) electrons. The zero-order chi connectivity index (χ0) is 15.5. The summed E-state index contributed by atoms with van der Waals surface area (Å²) in [7, 11) is -3.45. The van der Waals surface area contributed by atoms with Gasteiger partial charge in [-0.15, -0.1) is 0 Å². The van der Waals surface area contributed by atoms with Crippen LogP contribution in [0.5, 0.6) is 0 Å². The fraction of sp³-hybridized carbons (Fsp3) is 0.600. The third-order valence-electron chi connectivity index (χ3n) is 4.23. The van der Waals surface area contributed by atoms with Crippen LogP contribution in [0.4, 0.5) is 0 Å². The molecule has 0 aliphatic carbocycles. The van der Waals surface area contributed by atoms with E-state index in [2.05, 4.69) is 16.5 Å². The van der Waals surface area contributed by atoms with Gasteiger partial charge in [-0.3, -0.25) is 0 Å². The molecule has 1 fully saturated rings.